The topological polar surface area (TPSA) is 111 Å². The molecule has 248 valence electrons. The van der Waals surface area contributed by atoms with Crippen LogP contribution >= 0.6 is 24.4 Å². The van der Waals surface area contributed by atoms with Gasteiger partial charge in [-0.05, 0) is 79.7 Å². The van der Waals surface area contributed by atoms with Crippen LogP contribution in [0.5, 0.6) is 5.75 Å². The number of nitrogens with zero attached hydrogens (tertiary/aromatic N) is 1. The number of thiocarbonyl (C=S) groups is 2. The number of benzene rings is 3. The summed E-state index contributed by atoms with van der Waals surface area (Å²) >= 11 is 11.3. The van der Waals surface area contributed by atoms with Crippen molar-refractivity contribution in [3.05, 3.63) is 123 Å². The van der Waals surface area contributed by atoms with Crippen LogP contribution in [0.2, 0.25) is 0 Å². The van der Waals surface area contributed by atoms with E-state index in [1.807, 2.05) is 74.5 Å². The number of rotatable bonds is 8. The van der Waals surface area contributed by atoms with Gasteiger partial charge in [-0.25, -0.2) is 0 Å². The lowest BCUT2D eigenvalue weighted by molar-refractivity contribution is -0.117. The molecule has 3 aromatic carbocycles. The first-order chi connectivity index (χ1) is 23.1. The number of ether oxygens (including phenoxy) is 1. The Morgan fingerprint density at radius 3 is 1.77 bits per heavy atom. The van der Waals surface area contributed by atoms with Gasteiger partial charge >= 0.3 is 0 Å². The lowest BCUT2D eigenvalue weighted by atomic mass is 9.75. The number of hydrogen-bond acceptors (Lipinski definition) is 8. The molecule has 3 atom stereocenters. The third-order valence-electron chi connectivity index (χ3n) is 9.64. The Bertz CT molecular complexity index is 1780. The summed E-state index contributed by atoms with van der Waals surface area (Å²) in [4.78, 5) is 30.7. The van der Waals surface area contributed by atoms with E-state index in [1.165, 1.54) is 6.42 Å². The lowest BCUT2D eigenvalue weighted by Gasteiger charge is -2.35. The zero-order valence-corrected chi connectivity index (χ0v) is 28.8. The fourth-order valence-electron chi connectivity index (χ4n) is 7.19. The predicted molar refractivity (Wildman–Crippen MR) is 193 cm³/mol. The Hall–Kier alpha value is -4.38. The Kier molecular flexibility index (Phi) is 9.78. The molecule has 3 aromatic rings. The molecule has 3 aliphatic heterocycles. The van der Waals surface area contributed by atoms with Gasteiger partial charge in [0.1, 0.15) is 17.3 Å². The molecular weight excluding hydrogens is 643 g/mol. The van der Waals surface area contributed by atoms with Gasteiger partial charge in [0.05, 0.1) is 46.0 Å². The molecule has 3 heterocycles. The van der Waals surface area contributed by atoms with Gasteiger partial charge in [-0.2, -0.15) is 0 Å². The van der Waals surface area contributed by atoms with Crippen molar-refractivity contribution < 1.29 is 24.5 Å². The fraction of sp³-hybridized carbons (Fsp3) is 0.316. The van der Waals surface area contributed by atoms with E-state index >= 15 is 0 Å². The summed E-state index contributed by atoms with van der Waals surface area (Å²) in [6.45, 7) is 6.32. The van der Waals surface area contributed by atoms with Crippen LogP contribution in [0.25, 0.3) is 0 Å². The van der Waals surface area contributed by atoms with Gasteiger partial charge in [-0.1, -0.05) is 85.5 Å². The van der Waals surface area contributed by atoms with E-state index in [1.54, 1.807) is 13.2 Å². The first kappa shape index (κ1) is 33.5. The number of methoxy groups -OCH3 is 1. The molecule has 1 saturated heterocycles. The van der Waals surface area contributed by atoms with Gasteiger partial charge < -0.3 is 25.6 Å². The van der Waals surface area contributed by atoms with E-state index in [-0.39, 0.29) is 32.6 Å². The SMILES string of the molecule is COc1ccc(C(C2=C(O)[C@H](c3ccccc3C)C(=S)NC2=O)C2=C(O)[C@@H](c3ccccc3C)C(=S)NC2=O)cc1CN1CCCCC1. The van der Waals surface area contributed by atoms with Gasteiger partial charge in [0.15, 0.2) is 0 Å². The summed E-state index contributed by atoms with van der Waals surface area (Å²) < 4.78 is 5.76. The minimum atomic E-state index is -1.18. The molecule has 1 fully saturated rings. The second-order valence-electron chi connectivity index (χ2n) is 12.7. The number of nitrogens with one attached hydrogen (secondary N) is 2. The summed E-state index contributed by atoms with van der Waals surface area (Å²) in [6.07, 6.45) is 3.40. The molecule has 0 aliphatic carbocycles. The van der Waals surface area contributed by atoms with Crippen molar-refractivity contribution >= 4 is 46.2 Å². The van der Waals surface area contributed by atoms with Crippen molar-refractivity contribution in [1.82, 2.24) is 15.5 Å². The lowest BCUT2D eigenvalue weighted by Crippen LogP contribution is -2.46. The van der Waals surface area contributed by atoms with Crippen LogP contribution in [-0.2, 0) is 16.1 Å². The van der Waals surface area contributed by atoms with Crippen molar-refractivity contribution in [3.63, 3.8) is 0 Å². The summed E-state index contributed by atoms with van der Waals surface area (Å²) in [5.74, 6) is -4.03. The molecule has 8 nitrogen and oxygen atoms in total. The number of aliphatic hydroxyl groups excluding tert-OH is 2. The van der Waals surface area contributed by atoms with Crippen molar-refractivity contribution in [3.8, 4) is 5.75 Å². The van der Waals surface area contributed by atoms with Crippen LogP contribution in [0.4, 0.5) is 0 Å². The molecule has 4 N–H and O–H groups in total. The number of carbonyl (C=O) groups is 2. The molecule has 48 heavy (non-hydrogen) atoms. The number of piperidine rings is 1. The standard InChI is InChI=1S/C38H39N3O5S2/c1-21-11-5-7-13-25(21)29-33(42)31(35(44)39-37(29)47)28(23-15-16-27(46-3)24(19-23)20-41-17-9-4-10-18-41)32-34(43)30(38(48)40-36(32)45)26-14-8-6-12-22(26)2/h5-8,11-16,19,28-30,42-43H,4,9-10,17-18,20H2,1-3H3,(H,39,44,47)(H,40,45,48)/t28?,29-,30+. The molecule has 1 unspecified atom stereocenters. The van der Waals surface area contributed by atoms with Crippen molar-refractivity contribution in [2.75, 3.05) is 20.2 Å². The predicted octanol–water partition coefficient (Wildman–Crippen LogP) is 6.49. The maximum Gasteiger partial charge on any atom is 0.256 e. The maximum absolute atomic E-state index is 14.0. The van der Waals surface area contributed by atoms with Crippen molar-refractivity contribution in [2.24, 2.45) is 0 Å². The molecule has 6 rings (SSSR count). The van der Waals surface area contributed by atoms with E-state index < -0.39 is 29.6 Å². The van der Waals surface area contributed by atoms with Crippen LogP contribution in [0.1, 0.15) is 70.4 Å². The molecule has 2 amide bonds. The number of aryl methyl sites for hydroxylation is 2. The number of hydrogen-bond donors (Lipinski definition) is 4. The highest BCUT2D eigenvalue weighted by molar-refractivity contribution is 7.80. The number of likely N-dealkylation sites (tertiary alicyclic amines) is 1. The molecule has 0 radical (unpaired) electrons. The third kappa shape index (κ3) is 6.27. The Morgan fingerprint density at radius 2 is 1.29 bits per heavy atom. The first-order valence-corrected chi connectivity index (χ1v) is 17.0. The van der Waals surface area contributed by atoms with Crippen LogP contribution in [0.15, 0.2) is 89.4 Å². The zero-order chi connectivity index (χ0) is 34.1. The molecule has 10 heteroatoms. The zero-order valence-electron chi connectivity index (χ0n) is 27.2. The van der Waals surface area contributed by atoms with E-state index in [2.05, 4.69) is 15.5 Å². The minimum Gasteiger partial charge on any atom is -0.511 e. The Morgan fingerprint density at radius 1 is 0.792 bits per heavy atom. The monoisotopic (exact) mass is 681 g/mol. The third-order valence-corrected chi connectivity index (χ3v) is 10.3. The van der Waals surface area contributed by atoms with Gasteiger partial charge in [0.2, 0.25) is 0 Å². The summed E-state index contributed by atoms with van der Waals surface area (Å²) in [5, 5.41) is 29.9. The second kappa shape index (κ2) is 14.0. The molecule has 0 saturated carbocycles. The summed E-state index contributed by atoms with van der Waals surface area (Å²) in [5.41, 5.74) is 4.45. The molecular formula is C38H39N3O5S2. The maximum atomic E-state index is 14.0. The Labute approximate surface area is 291 Å². The largest absolute Gasteiger partial charge is 0.511 e. The number of amides is 2. The summed E-state index contributed by atoms with van der Waals surface area (Å²) in [7, 11) is 1.61. The van der Waals surface area contributed by atoms with E-state index in [4.69, 9.17) is 29.2 Å². The van der Waals surface area contributed by atoms with Gasteiger partial charge in [-0.15, -0.1) is 0 Å². The van der Waals surface area contributed by atoms with Crippen LogP contribution in [-0.4, -0.2) is 57.1 Å². The smallest absolute Gasteiger partial charge is 0.256 e. The Balaban J connectivity index is 1.60. The highest BCUT2D eigenvalue weighted by atomic mass is 32.1. The van der Waals surface area contributed by atoms with Crippen LogP contribution in [0.3, 0.4) is 0 Å². The fourth-order valence-corrected chi connectivity index (χ4v) is 7.85. The van der Waals surface area contributed by atoms with Crippen LogP contribution < -0.4 is 15.4 Å². The minimum absolute atomic E-state index is 0.0704. The van der Waals surface area contributed by atoms with Gasteiger partial charge in [-0.3, -0.25) is 14.5 Å². The normalized spacial score (nSPS) is 21.2. The quantitative estimate of drug-likeness (QED) is 0.200. The first-order valence-electron chi connectivity index (χ1n) is 16.2. The van der Waals surface area contributed by atoms with Gasteiger partial charge in [0.25, 0.3) is 11.8 Å². The van der Waals surface area contributed by atoms with E-state index in [0.29, 0.717) is 17.9 Å². The van der Waals surface area contributed by atoms with Gasteiger partial charge in [0, 0.05) is 12.1 Å². The van der Waals surface area contributed by atoms with E-state index in [9.17, 15) is 19.8 Å². The highest BCUT2D eigenvalue weighted by Crippen LogP contribution is 2.45. The average molecular weight is 682 g/mol. The van der Waals surface area contributed by atoms with Crippen molar-refractivity contribution in [2.45, 2.75) is 57.4 Å². The molecule has 0 bridgehead atoms. The molecule has 0 aromatic heterocycles. The summed E-state index contributed by atoms with van der Waals surface area (Å²) in [6, 6.07) is 20.5. The molecule has 3 aliphatic rings. The molecule has 0 spiro atoms. The van der Waals surface area contributed by atoms with Crippen molar-refractivity contribution in [1.29, 1.82) is 0 Å². The number of aliphatic hydroxyl groups is 2. The average Bonchev–Trinajstić information content (AvgIpc) is 3.06. The van der Waals surface area contributed by atoms with Crippen LogP contribution in [0, 0.1) is 13.8 Å². The second-order valence-corrected chi connectivity index (χ2v) is 13.5. The van der Waals surface area contributed by atoms with E-state index in [0.717, 1.165) is 53.7 Å². The number of carbonyl (C=O) groups excluding carboxylic acids is 2. The highest BCUT2D eigenvalue weighted by Gasteiger charge is 2.45.